The molecule has 14 nitrogen and oxygen atoms in total. The number of carboxylic acid groups (broad SMARTS) is 1. The van der Waals surface area contributed by atoms with Gasteiger partial charge in [-0.15, -0.1) is 0 Å². The zero-order valence-corrected chi connectivity index (χ0v) is 22.7. The summed E-state index contributed by atoms with van der Waals surface area (Å²) in [5.74, 6) is -3.44. The normalized spacial score (nSPS) is 17.4. The molecule has 1 aliphatic rings. The van der Waals surface area contributed by atoms with Gasteiger partial charge >= 0.3 is 5.97 Å². The molecule has 14 heteroatoms. The maximum Gasteiger partial charge on any atom is 0.322 e. The smallest absolute Gasteiger partial charge is 0.322 e. The van der Waals surface area contributed by atoms with Gasteiger partial charge in [-0.1, -0.05) is 27.7 Å². The van der Waals surface area contributed by atoms with Crippen LogP contribution in [0.4, 0.5) is 0 Å². The molecule has 0 unspecified atom stereocenters. The number of guanidine groups is 1. The number of nitrogens with zero attached hydrogens (tertiary/aromatic N) is 2. The number of amides is 4. The molecule has 1 aliphatic heterocycles. The van der Waals surface area contributed by atoms with Crippen LogP contribution in [0.5, 0.6) is 0 Å². The van der Waals surface area contributed by atoms with Gasteiger partial charge in [-0.2, -0.15) is 0 Å². The van der Waals surface area contributed by atoms with Crippen LogP contribution in [0.25, 0.3) is 0 Å². The van der Waals surface area contributed by atoms with E-state index in [9.17, 15) is 24.0 Å². The highest BCUT2D eigenvalue weighted by Gasteiger charge is 2.40. The number of nitrogens with one attached hydrogen (secondary N) is 3. The number of rotatable bonds is 15. The fourth-order valence-electron chi connectivity index (χ4n) is 4.20. The minimum atomic E-state index is -1.23. The quantitative estimate of drug-likeness (QED) is 0.0706. The number of hydrogen-bond acceptors (Lipinski definition) is 7. The number of hydrogen-bond donors (Lipinski definition) is 7. The molecule has 0 spiro atoms. The van der Waals surface area contributed by atoms with Gasteiger partial charge in [0, 0.05) is 13.1 Å². The maximum atomic E-state index is 13.5. The highest BCUT2D eigenvalue weighted by Crippen LogP contribution is 2.21. The van der Waals surface area contributed by atoms with E-state index < -0.39 is 60.3 Å². The standard InChI is InChI=1S/C24H44N8O6/c1-13(2)11-15(25)20(35)31-19(14(3)4)23(38)32-10-6-8-17(32)22(37)30-16(7-5-9-28-24(26)27)21(36)29-12-18(33)34/h13-17,19H,5-12,25H2,1-4H3,(H,29,36)(H,30,37)(H,31,35)(H,33,34)(H4,26,27,28)/t15-,16-,17-,19-/m0/s1. The van der Waals surface area contributed by atoms with Crippen LogP contribution in [0.2, 0.25) is 0 Å². The van der Waals surface area contributed by atoms with Crippen molar-refractivity contribution in [3.8, 4) is 0 Å². The largest absolute Gasteiger partial charge is 0.480 e. The minimum absolute atomic E-state index is 0.113. The molecule has 1 rings (SSSR count). The van der Waals surface area contributed by atoms with Gasteiger partial charge in [0.1, 0.15) is 24.7 Å². The Morgan fingerprint density at radius 1 is 1.05 bits per heavy atom. The van der Waals surface area contributed by atoms with Crippen molar-refractivity contribution in [2.24, 2.45) is 34.0 Å². The summed E-state index contributed by atoms with van der Waals surface area (Å²) in [4.78, 5) is 68.0. The minimum Gasteiger partial charge on any atom is -0.480 e. The Hall–Kier alpha value is -3.42. The molecule has 10 N–H and O–H groups in total. The molecule has 0 saturated carbocycles. The zero-order chi connectivity index (χ0) is 29.0. The van der Waals surface area contributed by atoms with Crippen LogP contribution in [0, 0.1) is 11.8 Å². The lowest BCUT2D eigenvalue weighted by Crippen LogP contribution is -2.58. The molecule has 0 aromatic carbocycles. The molecule has 4 amide bonds. The second kappa shape index (κ2) is 15.7. The van der Waals surface area contributed by atoms with Crippen molar-refractivity contribution in [2.45, 2.75) is 84.0 Å². The van der Waals surface area contributed by atoms with Crippen LogP contribution in [-0.2, 0) is 24.0 Å². The lowest BCUT2D eigenvalue weighted by atomic mass is 9.99. The second-order valence-electron chi connectivity index (χ2n) is 10.3. The van der Waals surface area contributed by atoms with E-state index in [1.54, 1.807) is 13.8 Å². The number of aliphatic imine (C=N–C) groups is 1. The van der Waals surface area contributed by atoms with E-state index in [0.717, 1.165) is 0 Å². The maximum absolute atomic E-state index is 13.5. The number of carbonyl (C=O) groups excluding carboxylic acids is 4. The van der Waals surface area contributed by atoms with E-state index in [0.29, 0.717) is 32.2 Å². The van der Waals surface area contributed by atoms with Crippen molar-refractivity contribution in [1.29, 1.82) is 0 Å². The van der Waals surface area contributed by atoms with E-state index in [2.05, 4.69) is 20.9 Å². The average Bonchev–Trinajstić information content (AvgIpc) is 3.31. The van der Waals surface area contributed by atoms with E-state index in [-0.39, 0.29) is 30.8 Å². The Balaban J connectivity index is 2.97. The molecule has 0 bridgehead atoms. The highest BCUT2D eigenvalue weighted by molar-refractivity contribution is 5.95. The van der Waals surface area contributed by atoms with E-state index in [1.165, 1.54) is 4.90 Å². The predicted molar refractivity (Wildman–Crippen MR) is 141 cm³/mol. The van der Waals surface area contributed by atoms with Gasteiger partial charge < -0.3 is 43.2 Å². The molecular weight excluding hydrogens is 496 g/mol. The summed E-state index contributed by atoms with van der Waals surface area (Å²) in [6.45, 7) is 7.40. The van der Waals surface area contributed by atoms with Crippen molar-refractivity contribution >= 4 is 35.6 Å². The number of carboxylic acids is 1. The molecular formula is C24H44N8O6. The third-order valence-electron chi connectivity index (χ3n) is 6.12. The molecule has 4 atom stereocenters. The van der Waals surface area contributed by atoms with Crippen LogP contribution >= 0.6 is 0 Å². The van der Waals surface area contributed by atoms with Crippen LogP contribution in [0.1, 0.15) is 59.8 Å². The van der Waals surface area contributed by atoms with Gasteiger partial charge in [0.15, 0.2) is 5.96 Å². The third-order valence-corrected chi connectivity index (χ3v) is 6.12. The number of aliphatic carboxylic acids is 1. The summed E-state index contributed by atoms with van der Waals surface area (Å²) in [6, 6.07) is -3.53. The monoisotopic (exact) mass is 540 g/mol. The average molecular weight is 541 g/mol. The van der Waals surface area contributed by atoms with Crippen molar-refractivity contribution in [1.82, 2.24) is 20.9 Å². The summed E-state index contributed by atoms with van der Waals surface area (Å²) >= 11 is 0. The number of nitrogens with two attached hydrogens (primary N) is 3. The Kier molecular flexibility index (Phi) is 13.5. The molecule has 0 radical (unpaired) electrons. The SMILES string of the molecule is CC(C)C[C@H](N)C(=O)N[C@H](C(=O)N1CCC[C@H]1C(=O)N[C@@H](CCCN=C(N)N)C(=O)NCC(=O)O)C(C)C. The first-order chi connectivity index (χ1) is 17.7. The molecule has 38 heavy (non-hydrogen) atoms. The summed E-state index contributed by atoms with van der Waals surface area (Å²) < 4.78 is 0. The second-order valence-corrected chi connectivity index (χ2v) is 10.3. The summed E-state index contributed by atoms with van der Waals surface area (Å²) in [7, 11) is 0. The molecule has 1 saturated heterocycles. The van der Waals surface area contributed by atoms with Crippen LogP contribution in [0.15, 0.2) is 4.99 Å². The third kappa shape index (κ3) is 10.9. The van der Waals surface area contributed by atoms with Crippen molar-refractivity contribution in [3.63, 3.8) is 0 Å². The van der Waals surface area contributed by atoms with Crippen LogP contribution < -0.4 is 33.2 Å². The van der Waals surface area contributed by atoms with Crippen LogP contribution in [0.3, 0.4) is 0 Å². The van der Waals surface area contributed by atoms with Gasteiger partial charge in [0.05, 0.1) is 6.04 Å². The number of carbonyl (C=O) groups is 5. The first-order valence-corrected chi connectivity index (χ1v) is 13.0. The Morgan fingerprint density at radius 3 is 2.26 bits per heavy atom. The van der Waals surface area contributed by atoms with E-state index >= 15 is 0 Å². The summed E-state index contributed by atoms with van der Waals surface area (Å²) in [5, 5.41) is 16.5. The van der Waals surface area contributed by atoms with Gasteiger partial charge in [0.2, 0.25) is 23.6 Å². The van der Waals surface area contributed by atoms with Gasteiger partial charge in [0.25, 0.3) is 0 Å². The highest BCUT2D eigenvalue weighted by atomic mass is 16.4. The first kappa shape index (κ1) is 32.6. The first-order valence-electron chi connectivity index (χ1n) is 13.0. The van der Waals surface area contributed by atoms with Gasteiger partial charge in [-0.25, -0.2) is 0 Å². The molecule has 0 aromatic heterocycles. The van der Waals surface area contributed by atoms with Gasteiger partial charge in [-0.05, 0) is 43.9 Å². The topological polar surface area (TPSA) is 235 Å². The van der Waals surface area contributed by atoms with Crippen molar-refractivity contribution in [3.05, 3.63) is 0 Å². The fourth-order valence-corrected chi connectivity index (χ4v) is 4.20. The zero-order valence-electron chi connectivity index (χ0n) is 22.7. The summed E-state index contributed by atoms with van der Waals surface area (Å²) in [6.07, 6.45) is 1.90. The molecule has 1 heterocycles. The van der Waals surface area contributed by atoms with Crippen LogP contribution in [-0.4, -0.2) is 89.4 Å². The van der Waals surface area contributed by atoms with Crippen molar-refractivity contribution < 1.29 is 29.1 Å². The van der Waals surface area contributed by atoms with E-state index in [1.807, 2.05) is 13.8 Å². The predicted octanol–water partition coefficient (Wildman–Crippen LogP) is -1.77. The lowest BCUT2D eigenvalue weighted by Gasteiger charge is -2.32. The summed E-state index contributed by atoms with van der Waals surface area (Å²) in [5.41, 5.74) is 16.6. The molecule has 216 valence electrons. The van der Waals surface area contributed by atoms with Crippen molar-refractivity contribution in [2.75, 3.05) is 19.6 Å². The molecule has 0 aromatic rings. The molecule has 0 aliphatic carbocycles. The molecule has 1 fully saturated rings. The van der Waals surface area contributed by atoms with Gasteiger partial charge in [-0.3, -0.25) is 29.0 Å². The Labute approximate surface area is 223 Å². The Morgan fingerprint density at radius 2 is 1.71 bits per heavy atom. The fraction of sp³-hybridized carbons (Fsp3) is 0.750. The lowest BCUT2D eigenvalue weighted by molar-refractivity contribution is -0.143. The number of likely N-dealkylation sites (tertiary alicyclic amines) is 1. The van der Waals surface area contributed by atoms with E-state index in [4.69, 9.17) is 22.3 Å². The Bertz CT molecular complexity index is 874.